The highest BCUT2D eigenvalue weighted by molar-refractivity contribution is 7.11. The number of ether oxygens (including phenoxy) is 2. The standard InChI is InChI=1S/C12H20N2O3S/c1-11(2,3)17-10(15)12(4,6-13)7-16-9-5-14-8-18-9/h5,8H,6-7,13H2,1-4H3. The first-order valence-corrected chi connectivity index (χ1v) is 6.60. The molecule has 1 aromatic rings. The first-order chi connectivity index (χ1) is 8.27. The predicted octanol–water partition coefficient (Wildman–Crippen LogP) is 1.83. The van der Waals surface area contributed by atoms with Crippen LogP contribution >= 0.6 is 11.3 Å². The van der Waals surface area contributed by atoms with Crippen molar-refractivity contribution < 1.29 is 14.3 Å². The van der Waals surface area contributed by atoms with Crippen molar-refractivity contribution in [3.63, 3.8) is 0 Å². The molecule has 0 bridgehead atoms. The Morgan fingerprint density at radius 3 is 2.56 bits per heavy atom. The zero-order chi connectivity index (χ0) is 13.8. The molecule has 1 unspecified atom stereocenters. The van der Waals surface area contributed by atoms with E-state index in [1.54, 1.807) is 18.6 Å². The van der Waals surface area contributed by atoms with Gasteiger partial charge in [0, 0.05) is 6.54 Å². The summed E-state index contributed by atoms with van der Waals surface area (Å²) in [5, 5.41) is 0.665. The Bertz CT molecular complexity index is 387. The lowest BCUT2D eigenvalue weighted by Crippen LogP contribution is -2.44. The molecule has 0 amide bonds. The largest absolute Gasteiger partial charge is 0.481 e. The topological polar surface area (TPSA) is 74.4 Å². The lowest BCUT2D eigenvalue weighted by Gasteiger charge is -2.29. The van der Waals surface area contributed by atoms with Crippen LogP contribution in [0.15, 0.2) is 11.7 Å². The van der Waals surface area contributed by atoms with Crippen LogP contribution < -0.4 is 10.5 Å². The molecule has 0 aliphatic heterocycles. The second kappa shape index (κ2) is 5.67. The summed E-state index contributed by atoms with van der Waals surface area (Å²) >= 11 is 1.37. The van der Waals surface area contributed by atoms with Crippen LogP contribution in [0.2, 0.25) is 0 Å². The van der Waals surface area contributed by atoms with Crippen molar-refractivity contribution in [3.8, 4) is 5.06 Å². The van der Waals surface area contributed by atoms with Crippen LogP contribution in [-0.4, -0.2) is 29.7 Å². The van der Waals surface area contributed by atoms with Gasteiger partial charge in [-0.2, -0.15) is 0 Å². The molecule has 18 heavy (non-hydrogen) atoms. The molecule has 0 aromatic carbocycles. The summed E-state index contributed by atoms with van der Waals surface area (Å²) in [6.45, 7) is 7.56. The van der Waals surface area contributed by atoms with Crippen LogP contribution in [0.1, 0.15) is 27.7 Å². The molecule has 0 fully saturated rings. The van der Waals surface area contributed by atoms with E-state index in [1.165, 1.54) is 11.3 Å². The van der Waals surface area contributed by atoms with Gasteiger partial charge in [-0.1, -0.05) is 11.3 Å². The summed E-state index contributed by atoms with van der Waals surface area (Å²) in [7, 11) is 0. The Balaban J connectivity index is 2.63. The van der Waals surface area contributed by atoms with Crippen molar-refractivity contribution in [1.29, 1.82) is 0 Å². The van der Waals surface area contributed by atoms with Gasteiger partial charge in [-0.15, -0.1) is 0 Å². The van der Waals surface area contributed by atoms with E-state index in [-0.39, 0.29) is 19.1 Å². The second-order valence-corrected chi connectivity index (χ2v) is 6.22. The van der Waals surface area contributed by atoms with Gasteiger partial charge in [0.2, 0.25) is 0 Å². The van der Waals surface area contributed by atoms with Crippen molar-refractivity contribution in [2.24, 2.45) is 11.1 Å². The molecule has 0 saturated heterocycles. The number of aromatic nitrogens is 1. The summed E-state index contributed by atoms with van der Waals surface area (Å²) in [6, 6.07) is 0. The van der Waals surface area contributed by atoms with Gasteiger partial charge in [0.25, 0.3) is 0 Å². The fourth-order valence-corrected chi connectivity index (χ4v) is 1.58. The van der Waals surface area contributed by atoms with Crippen LogP contribution in [0, 0.1) is 5.41 Å². The minimum atomic E-state index is -0.850. The van der Waals surface area contributed by atoms with Crippen LogP contribution in [0.3, 0.4) is 0 Å². The van der Waals surface area contributed by atoms with E-state index in [2.05, 4.69) is 4.98 Å². The zero-order valence-corrected chi connectivity index (χ0v) is 12.0. The number of thiazole rings is 1. The zero-order valence-electron chi connectivity index (χ0n) is 11.2. The number of carbonyl (C=O) groups excluding carboxylic acids is 1. The molecular formula is C12H20N2O3S. The summed E-state index contributed by atoms with van der Waals surface area (Å²) in [5.74, 6) is -0.345. The maximum absolute atomic E-state index is 12.1. The van der Waals surface area contributed by atoms with Crippen molar-refractivity contribution in [3.05, 3.63) is 11.7 Å². The number of hydrogen-bond donors (Lipinski definition) is 1. The number of nitrogens with zero attached hydrogens (tertiary/aromatic N) is 1. The van der Waals surface area contributed by atoms with Gasteiger partial charge >= 0.3 is 5.97 Å². The maximum Gasteiger partial charge on any atom is 0.317 e. The highest BCUT2D eigenvalue weighted by atomic mass is 32.1. The molecule has 0 aliphatic rings. The van der Waals surface area contributed by atoms with E-state index in [4.69, 9.17) is 15.2 Å². The highest BCUT2D eigenvalue weighted by Gasteiger charge is 2.37. The van der Waals surface area contributed by atoms with Crippen LogP contribution in [0.25, 0.3) is 0 Å². The lowest BCUT2D eigenvalue weighted by molar-refractivity contribution is -0.167. The molecule has 0 aliphatic carbocycles. The number of nitrogens with two attached hydrogens (primary N) is 1. The molecule has 6 heteroatoms. The summed E-state index contributed by atoms with van der Waals surface area (Å²) in [5.41, 5.74) is 5.96. The fraction of sp³-hybridized carbons (Fsp3) is 0.667. The Morgan fingerprint density at radius 1 is 1.44 bits per heavy atom. The smallest absolute Gasteiger partial charge is 0.317 e. The van der Waals surface area contributed by atoms with Crippen LogP contribution in [0.5, 0.6) is 5.06 Å². The van der Waals surface area contributed by atoms with Crippen molar-refractivity contribution in [2.75, 3.05) is 13.2 Å². The van der Waals surface area contributed by atoms with Gasteiger partial charge in [0.1, 0.15) is 17.6 Å². The third-order valence-electron chi connectivity index (χ3n) is 2.28. The Morgan fingerprint density at radius 2 is 2.11 bits per heavy atom. The van der Waals surface area contributed by atoms with E-state index in [0.29, 0.717) is 5.06 Å². The monoisotopic (exact) mass is 272 g/mol. The molecule has 1 atom stereocenters. The summed E-state index contributed by atoms with van der Waals surface area (Å²) in [4.78, 5) is 16.0. The molecule has 102 valence electrons. The molecule has 5 nitrogen and oxygen atoms in total. The minimum absolute atomic E-state index is 0.167. The molecular weight excluding hydrogens is 252 g/mol. The van der Waals surface area contributed by atoms with Gasteiger partial charge in [0.05, 0.1) is 11.7 Å². The lowest BCUT2D eigenvalue weighted by atomic mass is 9.92. The third kappa shape index (κ3) is 4.27. The van der Waals surface area contributed by atoms with Gasteiger partial charge in [-0.3, -0.25) is 4.79 Å². The first kappa shape index (κ1) is 14.9. The third-order valence-corrected chi connectivity index (χ3v) is 2.97. The molecule has 1 heterocycles. The Labute approximate surface area is 111 Å². The molecule has 0 radical (unpaired) electrons. The molecule has 2 N–H and O–H groups in total. The molecule has 0 spiro atoms. The molecule has 1 aromatic heterocycles. The summed E-state index contributed by atoms with van der Waals surface area (Å²) in [6.07, 6.45) is 1.61. The summed E-state index contributed by atoms with van der Waals surface area (Å²) < 4.78 is 10.9. The van der Waals surface area contributed by atoms with Crippen molar-refractivity contribution in [1.82, 2.24) is 4.98 Å². The Hall–Kier alpha value is -1.14. The maximum atomic E-state index is 12.1. The van der Waals surface area contributed by atoms with Gasteiger partial charge in [-0.25, -0.2) is 4.98 Å². The SMILES string of the molecule is CC(C)(C)OC(=O)C(C)(CN)COc1cncs1. The second-order valence-electron chi connectivity index (χ2n) is 5.38. The molecule has 1 rings (SSSR count). The van der Waals surface area contributed by atoms with Crippen molar-refractivity contribution >= 4 is 17.3 Å². The quantitative estimate of drug-likeness (QED) is 0.828. The normalized spacial score (nSPS) is 14.9. The number of esters is 1. The fourth-order valence-electron chi connectivity index (χ4n) is 1.11. The number of carbonyl (C=O) groups is 1. The van der Waals surface area contributed by atoms with E-state index in [1.807, 2.05) is 20.8 Å². The van der Waals surface area contributed by atoms with Gasteiger partial charge < -0.3 is 15.2 Å². The first-order valence-electron chi connectivity index (χ1n) is 5.72. The predicted molar refractivity (Wildman–Crippen MR) is 70.6 cm³/mol. The number of hydrogen-bond acceptors (Lipinski definition) is 6. The van der Waals surface area contributed by atoms with E-state index in [0.717, 1.165) is 0 Å². The van der Waals surface area contributed by atoms with E-state index in [9.17, 15) is 4.79 Å². The molecule has 0 saturated carbocycles. The number of rotatable bonds is 5. The van der Waals surface area contributed by atoms with Gasteiger partial charge in [0.15, 0.2) is 5.06 Å². The van der Waals surface area contributed by atoms with Crippen molar-refractivity contribution in [2.45, 2.75) is 33.3 Å². The van der Waals surface area contributed by atoms with E-state index >= 15 is 0 Å². The van der Waals surface area contributed by atoms with Gasteiger partial charge in [-0.05, 0) is 27.7 Å². The highest BCUT2D eigenvalue weighted by Crippen LogP contribution is 2.24. The Kier molecular flexibility index (Phi) is 4.70. The van der Waals surface area contributed by atoms with E-state index < -0.39 is 11.0 Å². The van der Waals surface area contributed by atoms with Crippen LogP contribution in [0.4, 0.5) is 0 Å². The minimum Gasteiger partial charge on any atom is -0.481 e. The van der Waals surface area contributed by atoms with Crippen LogP contribution in [-0.2, 0) is 9.53 Å². The average molecular weight is 272 g/mol. The average Bonchev–Trinajstić information content (AvgIpc) is 2.76.